The summed E-state index contributed by atoms with van der Waals surface area (Å²) >= 11 is 0. The highest BCUT2D eigenvalue weighted by molar-refractivity contribution is 5.69. The molecule has 3 atom stereocenters. The molecule has 20 heavy (non-hydrogen) atoms. The van der Waals surface area contributed by atoms with Gasteiger partial charge in [-0.15, -0.1) is 0 Å². The van der Waals surface area contributed by atoms with Gasteiger partial charge in [-0.25, -0.2) is 4.79 Å². The van der Waals surface area contributed by atoms with Crippen molar-refractivity contribution < 1.29 is 9.53 Å². The molecule has 4 nitrogen and oxygen atoms in total. The second-order valence-electron chi connectivity index (χ2n) is 5.92. The highest BCUT2D eigenvalue weighted by Gasteiger charge is 2.40. The molecular weight excluding hydrogens is 252 g/mol. The van der Waals surface area contributed by atoms with E-state index in [0.29, 0.717) is 6.61 Å². The molecule has 0 saturated carbocycles. The minimum absolute atomic E-state index is 0.171. The molecule has 0 aliphatic carbocycles. The van der Waals surface area contributed by atoms with Gasteiger partial charge in [0.15, 0.2) is 0 Å². The zero-order valence-corrected chi connectivity index (χ0v) is 11.7. The van der Waals surface area contributed by atoms with Crippen LogP contribution in [0.1, 0.15) is 37.7 Å². The fraction of sp³-hybridized carbons (Fsp3) is 0.562. The summed E-state index contributed by atoms with van der Waals surface area (Å²) in [6.07, 6.45) is 4.98. The van der Waals surface area contributed by atoms with Crippen LogP contribution in [0.2, 0.25) is 0 Å². The Hall–Kier alpha value is -1.55. The van der Waals surface area contributed by atoms with Crippen LogP contribution in [0.4, 0.5) is 4.79 Å². The molecule has 3 rings (SSSR count). The topological polar surface area (TPSA) is 55.6 Å². The second-order valence-corrected chi connectivity index (χ2v) is 5.92. The Bertz CT molecular complexity index is 449. The number of carbonyl (C=O) groups is 1. The van der Waals surface area contributed by atoms with E-state index in [9.17, 15) is 4.79 Å². The number of piperidine rings is 2. The van der Waals surface area contributed by atoms with Crippen molar-refractivity contribution >= 4 is 6.09 Å². The number of amides is 1. The molecule has 1 aromatic carbocycles. The third-order valence-corrected chi connectivity index (χ3v) is 4.43. The Morgan fingerprint density at radius 2 is 1.85 bits per heavy atom. The first-order chi connectivity index (χ1) is 9.74. The van der Waals surface area contributed by atoms with Crippen LogP contribution in [-0.4, -0.2) is 29.1 Å². The van der Waals surface area contributed by atoms with Crippen molar-refractivity contribution in [2.75, 3.05) is 0 Å². The van der Waals surface area contributed by atoms with Crippen LogP contribution >= 0.6 is 0 Å². The Balaban J connectivity index is 1.62. The zero-order valence-electron chi connectivity index (χ0n) is 11.7. The van der Waals surface area contributed by atoms with Gasteiger partial charge in [0.2, 0.25) is 0 Å². The lowest BCUT2D eigenvalue weighted by atomic mass is 9.82. The Kier molecular flexibility index (Phi) is 3.92. The molecule has 1 amide bonds. The summed E-state index contributed by atoms with van der Waals surface area (Å²) in [5.41, 5.74) is 7.10. The van der Waals surface area contributed by atoms with E-state index in [-0.39, 0.29) is 24.2 Å². The highest BCUT2D eigenvalue weighted by atomic mass is 16.6. The van der Waals surface area contributed by atoms with Crippen molar-refractivity contribution in [3.8, 4) is 0 Å². The van der Waals surface area contributed by atoms with Crippen LogP contribution in [0.3, 0.4) is 0 Å². The zero-order chi connectivity index (χ0) is 13.9. The largest absolute Gasteiger partial charge is 0.445 e. The number of nitrogens with two attached hydrogens (primary N) is 1. The molecule has 2 unspecified atom stereocenters. The summed E-state index contributed by atoms with van der Waals surface area (Å²) in [5, 5.41) is 0. The molecule has 2 aliphatic heterocycles. The predicted octanol–water partition coefficient (Wildman–Crippen LogP) is 2.67. The van der Waals surface area contributed by atoms with E-state index < -0.39 is 0 Å². The molecule has 2 fully saturated rings. The summed E-state index contributed by atoms with van der Waals surface area (Å²) in [5.74, 6) is 0. The number of nitrogens with zero attached hydrogens (tertiary/aromatic N) is 1. The first-order valence-corrected chi connectivity index (χ1v) is 7.48. The van der Waals surface area contributed by atoms with Gasteiger partial charge < -0.3 is 15.4 Å². The number of hydrogen-bond donors (Lipinski definition) is 1. The average Bonchev–Trinajstić information content (AvgIpc) is 2.45. The molecule has 0 radical (unpaired) electrons. The first-order valence-electron chi connectivity index (χ1n) is 7.48. The number of carbonyl (C=O) groups excluding carboxylic acids is 1. The van der Waals surface area contributed by atoms with Crippen LogP contribution in [0.25, 0.3) is 0 Å². The van der Waals surface area contributed by atoms with Gasteiger partial charge in [-0.2, -0.15) is 0 Å². The molecule has 2 aliphatic rings. The van der Waals surface area contributed by atoms with Crippen LogP contribution < -0.4 is 5.73 Å². The normalized spacial score (nSPS) is 29.1. The van der Waals surface area contributed by atoms with E-state index >= 15 is 0 Å². The quantitative estimate of drug-likeness (QED) is 0.902. The predicted molar refractivity (Wildman–Crippen MR) is 77.1 cm³/mol. The van der Waals surface area contributed by atoms with Gasteiger partial charge >= 0.3 is 6.09 Å². The number of rotatable bonds is 2. The maximum absolute atomic E-state index is 12.4. The van der Waals surface area contributed by atoms with Gasteiger partial charge in [0.05, 0.1) is 0 Å². The molecule has 2 N–H and O–H groups in total. The Morgan fingerprint density at radius 3 is 2.50 bits per heavy atom. The van der Waals surface area contributed by atoms with Crippen LogP contribution in [0.5, 0.6) is 0 Å². The van der Waals surface area contributed by atoms with Gasteiger partial charge in [-0.3, -0.25) is 0 Å². The van der Waals surface area contributed by atoms with E-state index in [1.165, 1.54) is 6.42 Å². The molecule has 0 spiro atoms. The van der Waals surface area contributed by atoms with Crippen molar-refractivity contribution in [1.82, 2.24) is 4.90 Å². The second kappa shape index (κ2) is 5.83. The molecule has 2 bridgehead atoms. The minimum Gasteiger partial charge on any atom is -0.445 e. The number of ether oxygens (including phenoxy) is 1. The lowest BCUT2D eigenvalue weighted by Crippen LogP contribution is -2.57. The van der Waals surface area contributed by atoms with Crippen molar-refractivity contribution in [1.29, 1.82) is 0 Å². The number of benzene rings is 1. The van der Waals surface area contributed by atoms with Gasteiger partial charge in [0.25, 0.3) is 0 Å². The van der Waals surface area contributed by atoms with Crippen molar-refractivity contribution in [3.63, 3.8) is 0 Å². The number of fused-ring (bicyclic) bond motifs is 2. The van der Waals surface area contributed by atoms with Crippen molar-refractivity contribution in [2.24, 2.45) is 5.73 Å². The summed E-state index contributed by atoms with van der Waals surface area (Å²) in [6.45, 7) is 0.349. The van der Waals surface area contributed by atoms with E-state index in [2.05, 4.69) is 0 Å². The summed E-state index contributed by atoms with van der Waals surface area (Å²) in [7, 11) is 0. The fourth-order valence-corrected chi connectivity index (χ4v) is 3.52. The van der Waals surface area contributed by atoms with Crippen LogP contribution in [0, 0.1) is 0 Å². The molecule has 2 heterocycles. The monoisotopic (exact) mass is 274 g/mol. The Morgan fingerprint density at radius 1 is 1.20 bits per heavy atom. The van der Waals surface area contributed by atoms with E-state index in [1.807, 2.05) is 35.2 Å². The summed E-state index contributed by atoms with van der Waals surface area (Å²) in [6, 6.07) is 10.6. The van der Waals surface area contributed by atoms with E-state index in [0.717, 1.165) is 31.2 Å². The average molecular weight is 274 g/mol. The smallest absolute Gasteiger partial charge is 0.410 e. The number of hydrogen-bond acceptors (Lipinski definition) is 3. The lowest BCUT2D eigenvalue weighted by molar-refractivity contribution is 0.0147. The third-order valence-electron chi connectivity index (χ3n) is 4.43. The van der Waals surface area contributed by atoms with Gasteiger partial charge in [0.1, 0.15) is 6.61 Å². The standard InChI is InChI=1S/C16H22N2O2/c17-13-9-14-7-4-8-15(10-13)18(14)16(19)20-11-12-5-2-1-3-6-12/h1-3,5-6,13-15H,4,7-11,17H2/t13?,14-,15?/m1/s1. The lowest BCUT2D eigenvalue weighted by Gasteiger charge is -2.47. The summed E-state index contributed by atoms with van der Waals surface area (Å²) < 4.78 is 5.49. The van der Waals surface area contributed by atoms with Crippen molar-refractivity contribution in [3.05, 3.63) is 35.9 Å². The SMILES string of the molecule is NC1CC2CCC[C@H](C1)N2C(=O)OCc1ccccc1. The third kappa shape index (κ3) is 2.80. The van der Waals surface area contributed by atoms with Crippen LogP contribution in [-0.2, 0) is 11.3 Å². The molecule has 0 aromatic heterocycles. The molecular formula is C16H22N2O2. The van der Waals surface area contributed by atoms with Gasteiger partial charge in [-0.1, -0.05) is 30.3 Å². The maximum Gasteiger partial charge on any atom is 0.410 e. The minimum atomic E-state index is -0.171. The molecule has 1 aromatic rings. The Labute approximate surface area is 119 Å². The van der Waals surface area contributed by atoms with Gasteiger partial charge in [0, 0.05) is 18.1 Å². The van der Waals surface area contributed by atoms with Crippen LogP contribution in [0.15, 0.2) is 30.3 Å². The highest BCUT2D eigenvalue weighted by Crippen LogP contribution is 2.33. The fourth-order valence-electron chi connectivity index (χ4n) is 3.52. The molecule has 2 saturated heterocycles. The van der Waals surface area contributed by atoms with Gasteiger partial charge in [-0.05, 0) is 37.7 Å². The summed E-state index contributed by atoms with van der Waals surface area (Å²) in [4.78, 5) is 14.3. The van der Waals surface area contributed by atoms with E-state index in [4.69, 9.17) is 10.5 Å². The molecule has 4 heteroatoms. The van der Waals surface area contributed by atoms with E-state index in [1.54, 1.807) is 0 Å². The molecule has 108 valence electrons. The maximum atomic E-state index is 12.4. The first kappa shape index (κ1) is 13.4. The van der Waals surface area contributed by atoms with Crippen molar-refractivity contribution in [2.45, 2.75) is 56.8 Å².